The number of rotatable bonds is 6. The van der Waals surface area contributed by atoms with Gasteiger partial charge in [0, 0.05) is 0 Å². The predicted octanol–water partition coefficient (Wildman–Crippen LogP) is 1.46. The summed E-state index contributed by atoms with van der Waals surface area (Å²) in [5, 5.41) is 27.6. The molecule has 0 heterocycles. The van der Waals surface area contributed by atoms with Crippen molar-refractivity contribution in [3.8, 4) is 5.75 Å². The fourth-order valence-corrected chi connectivity index (χ4v) is 3.35. The van der Waals surface area contributed by atoms with Crippen molar-refractivity contribution >= 4 is 13.1 Å². The summed E-state index contributed by atoms with van der Waals surface area (Å²) in [7, 11) is 0.253. The summed E-state index contributed by atoms with van der Waals surface area (Å²) in [5.41, 5.74) is 0.813. The van der Waals surface area contributed by atoms with Crippen LogP contribution in [0.5, 0.6) is 5.75 Å². The highest BCUT2D eigenvalue weighted by Crippen LogP contribution is 2.48. The molecular weight excluding hydrogens is 271 g/mol. The lowest BCUT2D eigenvalue weighted by molar-refractivity contribution is -0.145. The van der Waals surface area contributed by atoms with Gasteiger partial charge in [-0.3, -0.25) is 4.79 Å². The normalized spacial score (nSPS) is 23.7. The smallest absolute Gasteiger partial charge is 0.451 e. The number of aliphatic carboxylic acids is 1. The Morgan fingerprint density at radius 1 is 1.48 bits per heavy atom. The lowest BCUT2D eigenvalue weighted by Gasteiger charge is -2.28. The first-order valence-electron chi connectivity index (χ1n) is 7.17. The Kier molecular flexibility index (Phi) is 4.59. The van der Waals surface area contributed by atoms with Crippen LogP contribution >= 0.6 is 0 Å². The minimum Gasteiger partial charge on any atom is -0.496 e. The molecule has 0 saturated heterocycles. The highest BCUT2D eigenvalue weighted by atomic mass is 16.5. The Balaban J connectivity index is 2.30. The van der Waals surface area contributed by atoms with E-state index in [-0.39, 0.29) is 12.2 Å². The molecular formula is C15H21BO5. The van der Waals surface area contributed by atoms with E-state index in [0.29, 0.717) is 19.3 Å². The number of ether oxygens (including phenoxy) is 1. The Labute approximate surface area is 124 Å². The molecule has 6 heteroatoms. The molecule has 0 aromatic heterocycles. The molecule has 0 bridgehead atoms. The average molecular weight is 292 g/mol. The summed E-state index contributed by atoms with van der Waals surface area (Å²) in [4.78, 5) is 11.9. The zero-order chi connectivity index (χ0) is 15.6. The number of hydrogen-bond acceptors (Lipinski definition) is 4. The zero-order valence-electron chi connectivity index (χ0n) is 12.4. The highest BCUT2D eigenvalue weighted by Gasteiger charge is 2.49. The van der Waals surface area contributed by atoms with Crippen LogP contribution in [0.3, 0.4) is 0 Å². The van der Waals surface area contributed by atoms with Crippen molar-refractivity contribution in [2.75, 3.05) is 7.11 Å². The molecule has 2 atom stereocenters. The van der Waals surface area contributed by atoms with Gasteiger partial charge < -0.3 is 19.9 Å². The molecule has 1 aliphatic rings. The van der Waals surface area contributed by atoms with Gasteiger partial charge in [0.25, 0.3) is 0 Å². The van der Waals surface area contributed by atoms with E-state index in [9.17, 15) is 9.90 Å². The molecule has 0 unspecified atom stereocenters. The van der Waals surface area contributed by atoms with Crippen molar-refractivity contribution in [1.82, 2.24) is 0 Å². The van der Waals surface area contributed by atoms with E-state index >= 15 is 0 Å². The predicted molar refractivity (Wildman–Crippen MR) is 79.4 cm³/mol. The van der Waals surface area contributed by atoms with Crippen molar-refractivity contribution in [2.45, 2.75) is 37.9 Å². The molecule has 1 aromatic rings. The van der Waals surface area contributed by atoms with Crippen molar-refractivity contribution < 1.29 is 24.7 Å². The third-order valence-corrected chi connectivity index (χ3v) is 4.64. The molecule has 3 N–H and O–H groups in total. The van der Waals surface area contributed by atoms with Crippen LogP contribution in [0.4, 0.5) is 0 Å². The van der Waals surface area contributed by atoms with Crippen LogP contribution in [0.25, 0.3) is 0 Å². The van der Waals surface area contributed by atoms with Gasteiger partial charge in [0.2, 0.25) is 0 Å². The van der Waals surface area contributed by atoms with Crippen LogP contribution < -0.4 is 4.74 Å². The van der Waals surface area contributed by atoms with Crippen molar-refractivity contribution in [2.24, 2.45) is 5.92 Å². The molecule has 114 valence electrons. The van der Waals surface area contributed by atoms with Gasteiger partial charge in [0.05, 0.1) is 12.5 Å². The summed E-state index contributed by atoms with van der Waals surface area (Å²) in [5.74, 6) is -0.186. The number of fused-ring (bicyclic) bond motifs is 1. The standard InChI is InChI=1S/C15H21BO5/c1-15(14(17)18)10(5-4-8-16(19)20)9-11-12(15)6-3-7-13(11)21-2/h3,6-7,10,19-20H,4-5,8-9H2,1-2H3,(H,17,18)/t10-,15-/m0/s1. The molecule has 0 aliphatic heterocycles. The monoisotopic (exact) mass is 292 g/mol. The van der Waals surface area contributed by atoms with Crippen LogP contribution in [-0.4, -0.2) is 35.4 Å². The molecule has 0 amide bonds. The Morgan fingerprint density at radius 3 is 2.76 bits per heavy atom. The maximum absolute atomic E-state index is 11.9. The Hall–Kier alpha value is -1.53. The van der Waals surface area contributed by atoms with Crippen LogP contribution in [0, 0.1) is 5.92 Å². The van der Waals surface area contributed by atoms with Gasteiger partial charge in [-0.05, 0) is 49.2 Å². The van der Waals surface area contributed by atoms with E-state index in [0.717, 1.165) is 16.9 Å². The van der Waals surface area contributed by atoms with E-state index in [2.05, 4.69) is 0 Å². The SMILES string of the molecule is COc1cccc2c1C[C@H](CCCB(O)O)[C@]2(C)C(=O)O. The van der Waals surface area contributed by atoms with E-state index in [1.165, 1.54) is 0 Å². The first kappa shape index (κ1) is 15.9. The molecule has 0 saturated carbocycles. The van der Waals surface area contributed by atoms with Gasteiger partial charge in [0.1, 0.15) is 5.75 Å². The average Bonchev–Trinajstić information content (AvgIpc) is 2.73. The molecule has 21 heavy (non-hydrogen) atoms. The second kappa shape index (κ2) is 6.07. The molecule has 5 nitrogen and oxygen atoms in total. The third-order valence-electron chi connectivity index (χ3n) is 4.64. The van der Waals surface area contributed by atoms with Crippen molar-refractivity contribution in [1.29, 1.82) is 0 Å². The molecule has 2 rings (SSSR count). The summed E-state index contributed by atoms with van der Waals surface area (Å²) in [6, 6.07) is 5.52. The Bertz CT molecular complexity index is 531. The van der Waals surface area contributed by atoms with Crippen LogP contribution in [-0.2, 0) is 16.6 Å². The lowest BCUT2D eigenvalue weighted by atomic mass is 9.72. The lowest BCUT2D eigenvalue weighted by Crippen LogP contribution is -2.37. The maximum atomic E-state index is 11.9. The zero-order valence-corrected chi connectivity index (χ0v) is 12.4. The van der Waals surface area contributed by atoms with Gasteiger partial charge in [-0.25, -0.2) is 0 Å². The van der Waals surface area contributed by atoms with E-state index in [1.807, 2.05) is 18.2 Å². The number of benzene rings is 1. The van der Waals surface area contributed by atoms with Crippen LogP contribution in [0.15, 0.2) is 18.2 Å². The first-order valence-corrected chi connectivity index (χ1v) is 7.17. The highest BCUT2D eigenvalue weighted by molar-refractivity contribution is 6.40. The molecule has 0 radical (unpaired) electrons. The van der Waals surface area contributed by atoms with Gasteiger partial charge in [-0.2, -0.15) is 0 Å². The van der Waals surface area contributed by atoms with Gasteiger partial charge in [0.15, 0.2) is 0 Å². The van der Waals surface area contributed by atoms with Crippen LogP contribution in [0.2, 0.25) is 6.32 Å². The summed E-state index contributed by atoms with van der Waals surface area (Å²) >= 11 is 0. The van der Waals surface area contributed by atoms with E-state index < -0.39 is 18.5 Å². The summed E-state index contributed by atoms with van der Waals surface area (Å²) < 4.78 is 5.35. The molecule has 0 fully saturated rings. The minimum absolute atomic E-state index is 0.0694. The molecule has 1 aromatic carbocycles. The fourth-order valence-electron chi connectivity index (χ4n) is 3.35. The second-order valence-corrected chi connectivity index (χ2v) is 5.81. The minimum atomic E-state index is -1.33. The van der Waals surface area contributed by atoms with Crippen LogP contribution in [0.1, 0.15) is 30.9 Å². The number of carboxylic acid groups (broad SMARTS) is 1. The topological polar surface area (TPSA) is 87.0 Å². The number of hydrogen-bond donors (Lipinski definition) is 3. The number of carbonyl (C=O) groups is 1. The van der Waals surface area contributed by atoms with Gasteiger partial charge >= 0.3 is 13.1 Å². The molecule has 0 spiro atoms. The third kappa shape index (κ3) is 2.78. The van der Waals surface area contributed by atoms with E-state index in [4.69, 9.17) is 14.8 Å². The first-order chi connectivity index (χ1) is 9.91. The van der Waals surface area contributed by atoms with E-state index in [1.54, 1.807) is 14.0 Å². The molecule has 1 aliphatic carbocycles. The summed E-state index contributed by atoms with van der Waals surface area (Å²) in [6.45, 7) is 1.75. The van der Waals surface area contributed by atoms with Gasteiger partial charge in [-0.1, -0.05) is 18.6 Å². The van der Waals surface area contributed by atoms with Gasteiger partial charge in [-0.15, -0.1) is 0 Å². The van der Waals surface area contributed by atoms with Crippen molar-refractivity contribution in [3.05, 3.63) is 29.3 Å². The second-order valence-electron chi connectivity index (χ2n) is 5.81. The Morgan fingerprint density at radius 2 is 2.19 bits per heavy atom. The maximum Gasteiger partial charge on any atom is 0.451 e. The number of methoxy groups -OCH3 is 1. The summed E-state index contributed by atoms with van der Waals surface area (Å²) in [6.07, 6.45) is 2.13. The quantitative estimate of drug-likeness (QED) is 0.691. The largest absolute Gasteiger partial charge is 0.496 e. The number of carboxylic acids is 1. The van der Waals surface area contributed by atoms with Crippen molar-refractivity contribution in [3.63, 3.8) is 0 Å². The fraction of sp³-hybridized carbons (Fsp3) is 0.533.